The van der Waals surface area contributed by atoms with Crippen LogP contribution in [0.15, 0.2) is 36.9 Å². The first kappa shape index (κ1) is 11.3. The van der Waals surface area contributed by atoms with Gasteiger partial charge in [-0.2, -0.15) is 0 Å². The highest BCUT2D eigenvalue weighted by atomic mass is 16.5. The molecule has 0 unspecified atom stereocenters. The molecule has 2 aromatic heterocycles. The SMILES string of the molecule is CCOC(=O)c1nccn1Cc1ccncc1. The van der Waals surface area contributed by atoms with Crippen LogP contribution in [0.5, 0.6) is 0 Å². The second-order valence-corrected chi connectivity index (χ2v) is 3.45. The maximum atomic E-state index is 11.6. The third-order valence-corrected chi connectivity index (χ3v) is 2.28. The molecule has 0 aliphatic heterocycles. The van der Waals surface area contributed by atoms with E-state index < -0.39 is 5.97 Å². The summed E-state index contributed by atoms with van der Waals surface area (Å²) < 4.78 is 6.69. The third kappa shape index (κ3) is 2.69. The summed E-state index contributed by atoms with van der Waals surface area (Å²) in [5.41, 5.74) is 1.06. The zero-order valence-electron chi connectivity index (χ0n) is 9.54. The lowest BCUT2D eigenvalue weighted by atomic mass is 10.3. The fourth-order valence-electron chi connectivity index (χ4n) is 1.51. The number of carbonyl (C=O) groups is 1. The minimum atomic E-state index is -0.397. The Labute approximate surface area is 99.1 Å². The maximum absolute atomic E-state index is 11.6. The molecule has 88 valence electrons. The number of hydrogen-bond donors (Lipinski definition) is 0. The van der Waals surface area contributed by atoms with E-state index in [1.54, 1.807) is 36.3 Å². The molecule has 0 aromatic carbocycles. The van der Waals surface area contributed by atoms with Gasteiger partial charge in [0.15, 0.2) is 0 Å². The Kier molecular flexibility index (Phi) is 3.49. The van der Waals surface area contributed by atoms with Crippen molar-refractivity contribution in [2.75, 3.05) is 6.61 Å². The summed E-state index contributed by atoms with van der Waals surface area (Å²) >= 11 is 0. The van der Waals surface area contributed by atoms with Gasteiger partial charge in [-0.1, -0.05) is 0 Å². The predicted octanol–water partition coefficient (Wildman–Crippen LogP) is 1.50. The van der Waals surface area contributed by atoms with Crippen LogP contribution in [-0.2, 0) is 11.3 Å². The minimum Gasteiger partial charge on any atom is -0.460 e. The number of esters is 1. The highest BCUT2D eigenvalue weighted by Crippen LogP contribution is 2.05. The minimum absolute atomic E-state index is 0.323. The summed E-state index contributed by atoms with van der Waals surface area (Å²) in [7, 11) is 0. The number of imidazole rings is 1. The monoisotopic (exact) mass is 231 g/mol. The van der Waals surface area contributed by atoms with Crippen LogP contribution >= 0.6 is 0 Å². The molecule has 2 heterocycles. The molecule has 0 bridgehead atoms. The van der Waals surface area contributed by atoms with Gasteiger partial charge in [-0.25, -0.2) is 9.78 Å². The van der Waals surface area contributed by atoms with E-state index >= 15 is 0 Å². The Balaban J connectivity index is 2.17. The van der Waals surface area contributed by atoms with Gasteiger partial charge in [-0.15, -0.1) is 0 Å². The first-order chi connectivity index (χ1) is 8.31. The normalized spacial score (nSPS) is 10.2. The lowest BCUT2D eigenvalue weighted by Crippen LogP contribution is -2.13. The van der Waals surface area contributed by atoms with Crippen LogP contribution in [0.25, 0.3) is 0 Å². The maximum Gasteiger partial charge on any atom is 0.374 e. The molecular formula is C12H13N3O2. The number of aromatic nitrogens is 3. The summed E-state index contributed by atoms with van der Waals surface area (Å²) in [5.74, 6) is -0.0739. The number of hydrogen-bond acceptors (Lipinski definition) is 4. The summed E-state index contributed by atoms with van der Waals surface area (Å²) in [6.45, 7) is 2.70. The Morgan fingerprint density at radius 2 is 2.12 bits per heavy atom. The Morgan fingerprint density at radius 3 is 2.82 bits per heavy atom. The van der Waals surface area contributed by atoms with Crippen molar-refractivity contribution in [1.82, 2.24) is 14.5 Å². The Morgan fingerprint density at radius 1 is 1.35 bits per heavy atom. The molecule has 5 nitrogen and oxygen atoms in total. The molecule has 17 heavy (non-hydrogen) atoms. The number of rotatable bonds is 4. The van der Waals surface area contributed by atoms with Crippen LogP contribution in [-0.4, -0.2) is 27.1 Å². The van der Waals surface area contributed by atoms with Gasteiger partial charge in [-0.3, -0.25) is 4.98 Å². The van der Waals surface area contributed by atoms with E-state index in [-0.39, 0.29) is 0 Å². The molecule has 2 rings (SSSR count). The van der Waals surface area contributed by atoms with Gasteiger partial charge in [0.25, 0.3) is 0 Å². The van der Waals surface area contributed by atoms with Gasteiger partial charge in [-0.05, 0) is 24.6 Å². The molecule has 0 saturated heterocycles. The quantitative estimate of drug-likeness (QED) is 0.748. The lowest BCUT2D eigenvalue weighted by Gasteiger charge is -2.06. The second kappa shape index (κ2) is 5.25. The van der Waals surface area contributed by atoms with Crippen molar-refractivity contribution in [3.05, 3.63) is 48.3 Å². The highest BCUT2D eigenvalue weighted by Gasteiger charge is 2.13. The largest absolute Gasteiger partial charge is 0.460 e. The Hall–Kier alpha value is -2.17. The van der Waals surface area contributed by atoms with Crippen molar-refractivity contribution in [3.8, 4) is 0 Å². The number of carbonyl (C=O) groups excluding carboxylic acids is 1. The van der Waals surface area contributed by atoms with Crippen molar-refractivity contribution < 1.29 is 9.53 Å². The van der Waals surface area contributed by atoms with Crippen LogP contribution in [0.1, 0.15) is 23.1 Å². The van der Waals surface area contributed by atoms with Gasteiger partial charge in [0.2, 0.25) is 5.82 Å². The highest BCUT2D eigenvalue weighted by molar-refractivity contribution is 5.85. The first-order valence-electron chi connectivity index (χ1n) is 5.38. The van der Waals surface area contributed by atoms with Crippen molar-refractivity contribution in [1.29, 1.82) is 0 Å². The van der Waals surface area contributed by atoms with Crippen molar-refractivity contribution >= 4 is 5.97 Å². The molecule has 0 aliphatic carbocycles. The summed E-state index contributed by atoms with van der Waals surface area (Å²) in [6.07, 6.45) is 6.78. The molecule has 0 N–H and O–H groups in total. The predicted molar refractivity (Wildman–Crippen MR) is 61.5 cm³/mol. The van der Waals surface area contributed by atoms with Gasteiger partial charge >= 0.3 is 5.97 Å². The van der Waals surface area contributed by atoms with Crippen LogP contribution in [0.3, 0.4) is 0 Å². The molecule has 0 saturated carbocycles. The van der Waals surface area contributed by atoms with Gasteiger partial charge in [0.1, 0.15) is 0 Å². The van der Waals surface area contributed by atoms with Crippen molar-refractivity contribution in [3.63, 3.8) is 0 Å². The Bertz CT molecular complexity index is 493. The van der Waals surface area contributed by atoms with Crippen LogP contribution < -0.4 is 0 Å². The smallest absolute Gasteiger partial charge is 0.374 e. The van der Waals surface area contributed by atoms with E-state index in [1.807, 2.05) is 12.1 Å². The summed E-state index contributed by atoms with van der Waals surface area (Å²) in [5, 5.41) is 0. The lowest BCUT2D eigenvalue weighted by molar-refractivity contribution is 0.0507. The topological polar surface area (TPSA) is 57.0 Å². The number of pyridine rings is 1. The van der Waals surface area contributed by atoms with Crippen LogP contribution in [0.2, 0.25) is 0 Å². The molecule has 0 amide bonds. The van der Waals surface area contributed by atoms with E-state index in [1.165, 1.54) is 0 Å². The van der Waals surface area contributed by atoms with Crippen molar-refractivity contribution in [2.45, 2.75) is 13.5 Å². The van der Waals surface area contributed by atoms with E-state index in [9.17, 15) is 4.79 Å². The molecular weight excluding hydrogens is 218 g/mol. The van der Waals surface area contributed by atoms with E-state index in [4.69, 9.17) is 4.74 Å². The zero-order valence-corrected chi connectivity index (χ0v) is 9.54. The standard InChI is InChI=1S/C12H13N3O2/c1-2-17-12(16)11-14-7-8-15(11)9-10-3-5-13-6-4-10/h3-8H,2,9H2,1H3. The fraction of sp³-hybridized carbons (Fsp3) is 0.250. The van der Waals surface area contributed by atoms with Gasteiger partial charge in [0.05, 0.1) is 6.61 Å². The molecule has 5 heteroatoms. The third-order valence-electron chi connectivity index (χ3n) is 2.28. The number of nitrogens with zero attached hydrogens (tertiary/aromatic N) is 3. The molecule has 0 fully saturated rings. The van der Waals surface area contributed by atoms with Crippen LogP contribution in [0.4, 0.5) is 0 Å². The average molecular weight is 231 g/mol. The summed E-state index contributed by atoms with van der Waals surface area (Å²) in [6, 6.07) is 3.80. The summed E-state index contributed by atoms with van der Waals surface area (Å²) in [4.78, 5) is 19.5. The molecule has 2 aromatic rings. The molecule has 0 radical (unpaired) electrons. The van der Waals surface area contributed by atoms with E-state index in [0.717, 1.165) is 5.56 Å². The zero-order chi connectivity index (χ0) is 12.1. The van der Waals surface area contributed by atoms with Gasteiger partial charge in [0, 0.05) is 31.3 Å². The molecule has 0 atom stereocenters. The molecule has 0 spiro atoms. The van der Waals surface area contributed by atoms with E-state index in [2.05, 4.69) is 9.97 Å². The van der Waals surface area contributed by atoms with E-state index in [0.29, 0.717) is 19.0 Å². The molecule has 0 aliphatic rings. The fourth-order valence-corrected chi connectivity index (χ4v) is 1.51. The van der Waals surface area contributed by atoms with Gasteiger partial charge < -0.3 is 9.30 Å². The second-order valence-electron chi connectivity index (χ2n) is 3.45. The first-order valence-corrected chi connectivity index (χ1v) is 5.38. The van der Waals surface area contributed by atoms with Crippen LogP contribution in [0, 0.1) is 0 Å². The average Bonchev–Trinajstić information content (AvgIpc) is 2.79. The number of ether oxygens (including phenoxy) is 1. The van der Waals surface area contributed by atoms with Crippen molar-refractivity contribution in [2.24, 2.45) is 0 Å².